The first-order valence-electron chi connectivity index (χ1n) is 4.47. The van der Waals surface area contributed by atoms with E-state index in [-0.39, 0.29) is 5.91 Å². The van der Waals surface area contributed by atoms with Gasteiger partial charge in [-0.3, -0.25) is 4.79 Å². The van der Waals surface area contributed by atoms with E-state index < -0.39 is 0 Å². The molecule has 0 aliphatic heterocycles. The first-order valence-corrected chi connectivity index (χ1v) is 5.69. The third-order valence-electron chi connectivity index (χ3n) is 1.87. The molecule has 0 aliphatic rings. The van der Waals surface area contributed by atoms with E-state index in [0.717, 1.165) is 5.01 Å². The van der Waals surface area contributed by atoms with Gasteiger partial charge in [-0.2, -0.15) is 0 Å². The lowest BCUT2D eigenvalue weighted by molar-refractivity contribution is 0.0803. The number of carbonyl (C=O) groups is 1. The molecule has 1 aromatic heterocycles. The second-order valence-electron chi connectivity index (χ2n) is 3.19. The Bertz CT molecular complexity index is 375. The summed E-state index contributed by atoms with van der Waals surface area (Å²) in [6.07, 6.45) is 2.15. The van der Waals surface area contributed by atoms with Gasteiger partial charge in [0.2, 0.25) is 0 Å². The summed E-state index contributed by atoms with van der Waals surface area (Å²) in [5.74, 6) is -0.0307. The van der Waals surface area contributed by atoms with Crippen molar-refractivity contribution >= 4 is 34.5 Å². The lowest BCUT2D eigenvalue weighted by Gasteiger charge is -2.15. The van der Waals surface area contributed by atoms with E-state index in [9.17, 15) is 4.79 Å². The Balaban J connectivity index is 2.57. The van der Waals surface area contributed by atoms with Crippen LogP contribution in [0.25, 0.3) is 0 Å². The molecule has 4 nitrogen and oxygen atoms in total. The predicted octanol–water partition coefficient (Wildman–Crippen LogP) is 1.20. The topological polar surface area (TPSA) is 59.2 Å². The van der Waals surface area contributed by atoms with E-state index in [1.165, 1.54) is 11.3 Å². The molecule has 0 fully saturated rings. The largest absolute Gasteiger partial charge is 0.393 e. The molecule has 0 unspecified atom stereocenters. The normalized spacial score (nSPS) is 10.0. The lowest BCUT2D eigenvalue weighted by Crippen LogP contribution is -2.29. The summed E-state index contributed by atoms with van der Waals surface area (Å²) in [4.78, 5) is 18.5. The summed E-state index contributed by atoms with van der Waals surface area (Å²) in [7, 11) is 1.73. The summed E-state index contributed by atoms with van der Waals surface area (Å²) < 4.78 is 0. The fraction of sp³-hybridized carbons (Fsp3) is 0.444. The Morgan fingerprint density at radius 3 is 2.87 bits per heavy atom. The van der Waals surface area contributed by atoms with E-state index in [1.54, 1.807) is 18.1 Å². The van der Waals surface area contributed by atoms with Crippen LogP contribution in [0.1, 0.15) is 21.1 Å². The minimum Gasteiger partial charge on any atom is -0.393 e. The van der Waals surface area contributed by atoms with Crippen LogP contribution >= 0.6 is 23.6 Å². The molecule has 0 saturated heterocycles. The zero-order chi connectivity index (χ0) is 11.4. The first-order chi connectivity index (χ1) is 7.00. The van der Waals surface area contributed by atoms with Crippen LogP contribution in [0.4, 0.5) is 0 Å². The van der Waals surface area contributed by atoms with Crippen molar-refractivity contribution in [2.75, 3.05) is 13.6 Å². The monoisotopic (exact) mass is 243 g/mol. The van der Waals surface area contributed by atoms with Gasteiger partial charge in [0.25, 0.3) is 5.91 Å². The summed E-state index contributed by atoms with van der Waals surface area (Å²) >= 11 is 6.14. The molecule has 1 heterocycles. The Morgan fingerprint density at radius 1 is 1.73 bits per heavy atom. The van der Waals surface area contributed by atoms with Crippen molar-refractivity contribution in [1.29, 1.82) is 0 Å². The molecule has 2 N–H and O–H groups in total. The fourth-order valence-electron chi connectivity index (χ4n) is 1.03. The van der Waals surface area contributed by atoms with E-state index in [2.05, 4.69) is 4.98 Å². The van der Waals surface area contributed by atoms with E-state index in [0.29, 0.717) is 22.8 Å². The highest BCUT2D eigenvalue weighted by Gasteiger charge is 2.13. The number of hydrogen-bond acceptors (Lipinski definition) is 4. The van der Waals surface area contributed by atoms with Gasteiger partial charge in [0, 0.05) is 20.0 Å². The number of amides is 1. The van der Waals surface area contributed by atoms with Gasteiger partial charge in [-0.15, -0.1) is 11.3 Å². The summed E-state index contributed by atoms with van der Waals surface area (Å²) in [5, 5.41) is 0.890. The summed E-state index contributed by atoms with van der Waals surface area (Å²) in [6, 6.07) is 0. The van der Waals surface area contributed by atoms with Crippen LogP contribution in [0.5, 0.6) is 0 Å². The molecule has 0 saturated carbocycles. The highest BCUT2D eigenvalue weighted by Crippen LogP contribution is 2.13. The molecule has 1 rings (SSSR count). The van der Waals surface area contributed by atoms with Crippen molar-refractivity contribution in [2.24, 2.45) is 5.73 Å². The van der Waals surface area contributed by atoms with Gasteiger partial charge in [0.15, 0.2) is 0 Å². The number of carbonyl (C=O) groups excluding carboxylic acids is 1. The Kier molecular flexibility index (Phi) is 4.16. The third kappa shape index (κ3) is 3.56. The molecule has 0 radical (unpaired) electrons. The standard InChI is InChI=1S/C9H13N3OS2/c1-6-11-5-7(15-6)9(13)12(2)4-3-8(10)14/h5H,3-4H2,1-2H3,(H2,10,14). The quantitative estimate of drug-likeness (QED) is 0.807. The van der Waals surface area contributed by atoms with Crippen molar-refractivity contribution in [3.8, 4) is 0 Å². The highest BCUT2D eigenvalue weighted by atomic mass is 32.1. The molecule has 6 heteroatoms. The summed E-state index contributed by atoms with van der Waals surface area (Å²) in [6.45, 7) is 2.42. The van der Waals surface area contributed by atoms with E-state index in [1.807, 2.05) is 6.92 Å². The number of thiazole rings is 1. The van der Waals surface area contributed by atoms with Crippen LogP contribution in [-0.2, 0) is 0 Å². The molecule has 1 aromatic rings. The highest BCUT2D eigenvalue weighted by molar-refractivity contribution is 7.80. The zero-order valence-electron chi connectivity index (χ0n) is 8.69. The Hall–Kier alpha value is -1.01. The number of aromatic nitrogens is 1. The molecule has 0 atom stereocenters. The number of hydrogen-bond donors (Lipinski definition) is 1. The smallest absolute Gasteiger partial charge is 0.265 e. The van der Waals surface area contributed by atoms with Crippen molar-refractivity contribution in [3.05, 3.63) is 16.1 Å². The van der Waals surface area contributed by atoms with Crippen molar-refractivity contribution in [1.82, 2.24) is 9.88 Å². The maximum Gasteiger partial charge on any atom is 0.265 e. The van der Waals surface area contributed by atoms with Crippen LogP contribution in [0.15, 0.2) is 6.20 Å². The van der Waals surface area contributed by atoms with Crippen LogP contribution < -0.4 is 5.73 Å². The first kappa shape index (κ1) is 12.1. The number of nitrogens with two attached hydrogens (primary N) is 1. The number of thiocarbonyl (C=S) groups is 1. The molecule has 15 heavy (non-hydrogen) atoms. The van der Waals surface area contributed by atoms with Gasteiger partial charge in [-0.1, -0.05) is 12.2 Å². The van der Waals surface area contributed by atoms with E-state index >= 15 is 0 Å². The second kappa shape index (κ2) is 5.18. The molecule has 0 aromatic carbocycles. The molecule has 0 aliphatic carbocycles. The van der Waals surface area contributed by atoms with Crippen LogP contribution in [0.2, 0.25) is 0 Å². The molecule has 1 amide bonds. The van der Waals surface area contributed by atoms with Gasteiger partial charge in [-0.25, -0.2) is 4.98 Å². The van der Waals surface area contributed by atoms with Crippen molar-refractivity contribution in [2.45, 2.75) is 13.3 Å². The SMILES string of the molecule is Cc1ncc(C(=O)N(C)CCC(N)=S)s1. The van der Waals surface area contributed by atoms with Gasteiger partial charge < -0.3 is 10.6 Å². The minimum atomic E-state index is -0.0307. The molecule has 82 valence electrons. The van der Waals surface area contributed by atoms with Crippen LogP contribution in [0.3, 0.4) is 0 Å². The second-order valence-corrected chi connectivity index (χ2v) is 4.95. The average molecular weight is 243 g/mol. The third-order valence-corrected chi connectivity index (χ3v) is 2.98. The lowest BCUT2D eigenvalue weighted by atomic mass is 10.3. The van der Waals surface area contributed by atoms with Crippen LogP contribution in [0, 0.1) is 6.92 Å². The maximum absolute atomic E-state index is 11.8. The van der Waals surface area contributed by atoms with E-state index in [4.69, 9.17) is 18.0 Å². The molecular weight excluding hydrogens is 230 g/mol. The zero-order valence-corrected chi connectivity index (χ0v) is 10.3. The number of rotatable bonds is 4. The van der Waals surface area contributed by atoms with Crippen molar-refractivity contribution in [3.63, 3.8) is 0 Å². The van der Waals surface area contributed by atoms with Gasteiger partial charge >= 0.3 is 0 Å². The molecule has 0 spiro atoms. The maximum atomic E-state index is 11.8. The van der Waals surface area contributed by atoms with Crippen molar-refractivity contribution < 1.29 is 4.79 Å². The number of aryl methyl sites for hydroxylation is 1. The predicted molar refractivity (Wildman–Crippen MR) is 65.2 cm³/mol. The van der Waals surface area contributed by atoms with Crippen LogP contribution in [-0.4, -0.2) is 34.4 Å². The average Bonchev–Trinajstić information content (AvgIpc) is 2.60. The Labute approximate surface area is 98.1 Å². The Morgan fingerprint density at radius 2 is 2.40 bits per heavy atom. The molecular formula is C9H13N3OS2. The molecule has 0 bridgehead atoms. The minimum absolute atomic E-state index is 0.0307. The van der Waals surface area contributed by atoms with Gasteiger partial charge in [0.1, 0.15) is 4.88 Å². The van der Waals surface area contributed by atoms with Gasteiger partial charge in [-0.05, 0) is 6.92 Å². The number of nitrogens with zero attached hydrogens (tertiary/aromatic N) is 2. The summed E-state index contributed by atoms with van der Waals surface area (Å²) in [5.41, 5.74) is 5.37. The fourth-order valence-corrected chi connectivity index (χ4v) is 1.89. The van der Waals surface area contributed by atoms with Gasteiger partial charge in [0.05, 0.1) is 16.2 Å².